The van der Waals surface area contributed by atoms with Crippen molar-refractivity contribution < 1.29 is 19.6 Å². The molecule has 0 aliphatic rings. The Morgan fingerprint density at radius 3 is 2.50 bits per heavy atom. The molecule has 0 spiro atoms. The Kier molecular flexibility index (Phi) is 6.48. The number of nitrogens with zero attached hydrogens (tertiary/aromatic N) is 1. The molecule has 0 fully saturated rings. The van der Waals surface area contributed by atoms with Crippen molar-refractivity contribution in [3.05, 3.63) is 38.3 Å². The number of benzene rings is 1. The van der Waals surface area contributed by atoms with Crippen LogP contribution in [0.15, 0.2) is 22.7 Å². The Morgan fingerprint density at radius 1 is 1.41 bits per heavy atom. The molecule has 0 saturated heterocycles. The Morgan fingerprint density at radius 2 is 2.05 bits per heavy atom. The number of rotatable bonds is 7. The number of halogens is 1. The van der Waals surface area contributed by atoms with E-state index in [4.69, 9.17) is 5.11 Å². The Balaban J connectivity index is 2.75. The lowest BCUT2D eigenvalue weighted by Gasteiger charge is -2.16. The molecule has 2 N–H and O–H groups in total. The Labute approximate surface area is 136 Å². The van der Waals surface area contributed by atoms with Crippen molar-refractivity contribution in [2.24, 2.45) is 5.92 Å². The van der Waals surface area contributed by atoms with Gasteiger partial charge in [-0.15, -0.1) is 0 Å². The number of carboxylic acids is 1. The summed E-state index contributed by atoms with van der Waals surface area (Å²) in [6.45, 7) is 3.74. The molecule has 1 atom stereocenters. The maximum absolute atomic E-state index is 12.0. The van der Waals surface area contributed by atoms with Gasteiger partial charge in [-0.1, -0.05) is 35.8 Å². The molecule has 1 unspecified atom stereocenters. The summed E-state index contributed by atoms with van der Waals surface area (Å²) in [6.07, 6.45) is 0.281. The zero-order valence-corrected chi connectivity index (χ0v) is 13.8. The van der Waals surface area contributed by atoms with Crippen molar-refractivity contribution in [3.8, 4) is 0 Å². The van der Waals surface area contributed by atoms with E-state index in [1.54, 1.807) is 0 Å². The van der Waals surface area contributed by atoms with E-state index in [9.17, 15) is 19.7 Å². The number of carbonyl (C=O) groups is 2. The molecule has 0 aliphatic heterocycles. The van der Waals surface area contributed by atoms with Crippen LogP contribution >= 0.6 is 15.9 Å². The lowest BCUT2D eigenvalue weighted by atomic mass is 10.0. The lowest BCUT2D eigenvalue weighted by molar-refractivity contribution is -0.384. The van der Waals surface area contributed by atoms with Gasteiger partial charge in [-0.3, -0.25) is 14.9 Å². The van der Waals surface area contributed by atoms with Crippen LogP contribution in [-0.2, 0) is 16.0 Å². The summed E-state index contributed by atoms with van der Waals surface area (Å²) in [5, 5.41) is 22.2. The highest BCUT2D eigenvalue weighted by molar-refractivity contribution is 9.10. The number of hydrogen-bond acceptors (Lipinski definition) is 4. The van der Waals surface area contributed by atoms with Crippen molar-refractivity contribution in [3.63, 3.8) is 0 Å². The number of nitro groups is 1. The predicted molar refractivity (Wildman–Crippen MR) is 83.5 cm³/mol. The number of carbonyl (C=O) groups excluding carboxylic acids is 1. The highest BCUT2D eigenvalue weighted by Crippen LogP contribution is 2.23. The van der Waals surface area contributed by atoms with Crippen molar-refractivity contribution in [1.29, 1.82) is 0 Å². The van der Waals surface area contributed by atoms with Gasteiger partial charge in [0, 0.05) is 16.6 Å². The van der Waals surface area contributed by atoms with Crippen LogP contribution in [0, 0.1) is 16.0 Å². The van der Waals surface area contributed by atoms with Gasteiger partial charge in [0.25, 0.3) is 5.69 Å². The van der Waals surface area contributed by atoms with E-state index in [0.717, 1.165) is 0 Å². The lowest BCUT2D eigenvalue weighted by Crippen LogP contribution is -2.42. The minimum Gasteiger partial charge on any atom is -0.480 e. The first-order valence-corrected chi connectivity index (χ1v) is 7.45. The molecule has 0 heterocycles. The summed E-state index contributed by atoms with van der Waals surface area (Å²) >= 11 is 3.18. The summed E-state index contributed by atoms with van der Waals surface area (Å²) < 4.78 is 0.438. The maximum Gasteiger partial charge on any atom is 0.326 e. The molecule has 1 rings (SSSR count). The van der Waals surface area contributed by atoms with Crippen LogP contribution in [0.4, 0.5) is 5.69 Å². The first kappa shape index (κ1) is 18.1. The first-order chi connectivity index (χ1) is 10.2. The van der Waals surface area contributed by atoms with Crippen LogP contribution in [0.1, 0.15) is 25.8 Å². The quantitative estimate of drug-likeness (QED) is 0.564. The highest BCUT2D eigenvalue weighted by atomic mass is 79.9. The minimum absolute atomic E-state index is 0.0551. The topological polar surface area (TPSA) is 110 Å². The van der Waals surface area contributed by atoms with Crippen LogP contribution in [0.25, 0.3) is 0 Å². The molecule has 7 nitrogen and oxygen atoms in total. The van der Waals surface area contributed by atoms with Gasteiger partial charge in [-0.05, 0) is 17.9 Å². The zero-order chi connectivity index (χ0) is 16.9. The summed E-state index contributed by atoms with van der Waals surface area (Å²) in [5.74, 6) is -1.39. The molecule has 8 heteroatoms. The van der Waals surface area contributed by atoms with E-state index >= 15 is 0 Å². The number of aliphatic carboxylic acids is 1. The number of nitro benzene ring substituents is 1. The second kappa shape index (κ2) is 7.88. The van der Waals surface area contributed by atoms with Gasteiger partial charge in [0.1, 0.15) is 6.04 Å². The Hall–Kier alpha value is -1.96. The average molecular weight is 373 g/mol. The van der Waals surface area contributed by atoms with Gasteiger partial charge < -0.3 is 10.4 Å². The van der Waals surface area contributed by atoms with E-state index in [2.05, 4.69) is 21.2 Å². The number of non-ortho nitro benzene ring substituents is 1. The number of nitrogens with one attached hydrogen (secondary N) is 1. The summed E-state index contributed by atoms with van der Waals surface area (Å²) in [5.41, 5.74) is 0.469. The molecular weight excluding hydrogens is 356 g/mol. The van der Waals surface area contributed by atoms with Gasteiger partial charge in [0.05, 0.1) is 11.3 Å². The van der Waals surface area contributed by atoms with Crippen LogP contribution in [-0.4, -0.2) is 27.9 Å². The minimum atomic E-state index is -1.08. The largest absolute Gasteiger partial charge is 0.480 e. The van der Waals surface area contributed by atoms with Gasteiger partial charge in [0.15, 0.2) is 0 Å². The fraction of sp³-hybridized carbons (Fsp3) is 0.429. The summed E-state index contributed by atoms with van der Waals surface area (Å²) in [6, 6.07) is 3.14. The highest BCUT2D eigenvalue weighted by Gasteiger charge is 2.21. The van der Waals surface area contributed by atoms with E-state index in [0.29, 0.717) is 16.5 Å². The number of hydrogen-bond donors (Lipinski definition) is 2. The van der Waals surface area contributed by atoms with Crippen molar-refractivity contribution in [1.82, 2.24) is 5.32 Å². The molecule has 0 radical (unpaired) electrons. The molecule has 120 valence electrons. The molecule has 0 aromatic heterocycles. The van der Waals surface area contributed by atoms with Crippen molar-refractivity contribution in [2.75, 3.05) is 0 Å². The predicted octanol–water partition coefficient (Wildman–Crippen LogP) is 2.52. The third-order valence-corrected chi connectivity index (χ3v) is 3.68. The zero-order valence-electron chi connectivity index (χ0n) is 12.2. The van der Waals surface area contributed by atoms with Crippen LogP contribution < -0.4 is 5.32 Å². The summed E-state index contributed by atoms with van der Waals surface area (Å²) in [4.78, 5) is 33.2. The monoisotopic (exact) mass is 372 g/mol. The molecule has 1 aromatic carbocycles. The van der Waals surface area contributed by atoms with E-state index < -0.39 is 22.8 Å². The van der Waals surface area contributed by atoms with Gasteiger partial charge in [-0.2, -0.15) is 0 Å². The third kappa shape index (κ3) is 5.44. The Bertz CT molecular complexity index is 589. The van der Waals surface area contributed by atoms with Crippen molar-refractivity contribution >= 4 is 33.5 Å². The fourth-order valence-electron chi connectivity index (χ4n) is 1.90. The normalized spacial score (nSPS) is 12.0. The molecule has 22 heavy (non-hydrogen) atoms. The van der Waals surface area contributed by atoms with Crippen LogP contribution in [0.5, 0.6) is 0 Å². The molecule has 0 aliphatic carbocycles. The molecule has 0 bridgehead atoms. The second-order valence-corrected chi connectivity index (χ2v) is 6.15. The maximum atomic E-state index is 12.0. The van der Waals surface area contributed by atoms with Crippen molar-refractivity contribution in [2.45, 2.75) is 32.7 Å². The molecule has 1 amide bonds. The second-order valence-electron chi connectivity index (χ2n) is 5.30. The molecular formula is C14H17BrN2O5. The van der Waals surface area contributed by atoms with E-state index in [1.165, 1.54) is 18.2 Å². The standard InChI is InChI=1S/C14H17BrN2O5/c1-8(2)5-12(14(19)20)16-13(18)6-9-3-4-10(17(21)22)7-11(9)15/h3-4,7-8,12H,5-6H2,1-2H3,(H,16,18)(H,19,20). The van der Waals surface area contributed by atoms with E-state index in [1.807, 2.05) is 13.8 Å². The molecule has 1 aromatic rings. The fourth-order valence-corrected chi connectivity index (χ4v) is 2.41. The smallest absolute Gasteiger partial charge is 0.326 e. The first-order valence-electron chi connectivity index (χ1n) is 6.65. The summed E-state index contributed by atoms with van der Waals surface area (Å²) in [7, 11) is 0. The van der Waals surface area contributed by atoms with Crippen LogP contribution in [0.3, 0.4) is 0 Å². The van der Waals surface area contributed by atoms with Gasteiger partial charge in [-0.25, -0.2) is 4.79 Å². The van der Waals surface area contributed by atoms with Gasteiger partial charge in [0.2, 0.25) is 5.91 Å². The van der Waals surface area contributed by atoms with Gasteiger partial charge >= 0.3 is 5.97 Å². The molecule has 0 saturated carbocycles. The number of carboxylic acid groups (broad SMARTS) is 1. The SMILES string of the molecule is CC(C)CC(NC(=O)Cc1ccc([N+](=O)[O-])cc1Br)C(=O)O. The average Bonchev–Trinajstić information content (AvgIpc) is 2.39. The van der Waals surface area contributed by atoms with Crippen LogP contribution in [0.2, 0.25) is 0 Å². The number of amides is 1. The third-order valence-electron chi connectivity index (χ3n) is 2.94. The van der Waals surface area contributed by atoms with E-state index in [-0.39, 0.29) is 18.0 Å².